The van der Waals surface area contributed by atoms with Crippen molar-refractivity contribution in [3.05, 3.63) is 32.9 Å². The van der Waals surface area contributed by atoms with Gasteiger partial charge in [-0.05, 0) is 6.26 Å². The zero-order chi connectivity index (χ0) is 10.7. The van der Waals surface area contributed by atoms with E-state index >= 15 is 0 Å². The van der Waals surface area contributed by atoms with Crippen LogP contribution in [0, 0.1) is 5.82 Å². The van der Waals surface area contributed by atoms with Gasteiger partial charge in [-0.25, -0.2) is 4.79 Å². The van der Waals surface area contributed by atoms with Gasteiger partial charge in [0.15, 0.2) is 0 Å². The van der Waals surface area contributed by atoms with Crippen LogP contribution in [0.3, 0.4) is 0 Å². The molecule has 0 bridgehead atoms. The van der Waals surface area contributed by atoms with Gasteiger partial charge in [0.1, 0.15) is 0 Å². The lowest BCUT2D eigenvalue weighted by Gasteiger charge is -2.14. The Balaban J connectivity index is 3.28. The maximum absolute atomic E-state index is 12.8. The van der Waals surface area contributed by atoms with E-state index in [1.165, 1.54) is 11.8 Å². The van der Waals surface area contributed by atoms with Crippen molar-refractivity contribution in [2.24, 2.45) is 5.73 Å². The lowest BCUT2D eigenvalue weighted by atomic mass is 10.5. The third kappa shape index (κ3) is 2.05. The van der Waals surface area contributed by atoms with Gasteiger partial charge in [0.2, 0.25) is 5.82 Å². The van der Waals surface area contributed by atoms with E-state index in [0.717, 1.165) is 10.8 Å². The third-order valence-electron chi connectivity index (χ3n) is 1.71. The number of nitrogens with two attached hydrogens (primary N) is 1. The number of H-pyrrole nitrogens is 1. The largest absolute Gasteiger partial charge is 0.329 e. The number of hydrogen-bond donors (Lipinski definition) is 2. The monoisotopic (exact) mass is 219 g/mol. The molecule has 1 atom stereocenters. The molecule has 0 aromatic carbocycles. The highest BCUT2D eigenvalue weighted by molar-refractivity contribution is 7.98. The van der Waals surface area contributed by atoms with Crippen LogP contribution in [-0.4, -0.2) is 22.4 Å². The summed E-state index contributed by atoms with van der Waals surface area (Å²) in [5.74, 6) is -0.989. The van der Waals surface area contributed by atoms with E-state index in [1.807, 2.05) is 4.98 Å². The first-order valence-electron chi connectivity index (χ1n) is 3.84. The molecule has 0 radical (unpaired) electrons. The number of aromatic amines is 1. The summed E-state index contributed by atoms with van der Waals surface area (Å²) in [5, 5.41) is -0.367. The number of aromatic nitrogens is 2. The molecule has 0 aliphatic heterocycles. The summed E-state index contributed by atoms with van der Waals surface area (Å²) >= 11 is 1.30. The molecule has 78 valence electrons. The average Bonchev–Trinajstić information content (AvgIpc) is 2.15. The second-order valence-electron chi connectivity index (χ2n) is 2.57. The molecule has 1 heterocycles. The Morgan fingerprint density at radius 2 is 2.36 bits per heavy atom. The highest BCUT2D eigenvalue weighted by atomic mass is 32.2. The van der Waals surface area contributed by atoms with Crippen LogP contribution in [0.5, 0.6) is 0 Å². The van der Waals surface area contributed by atoms with E-state index in [4.69, 9.17) is 5.73 Å². The molecule has 0 aliphatic carbocycles. The summed E-state index contributed by atoms with van der Waals surface area (Å²) in [4.78, 5) is 23.8. The first kappa shape index (κ1) is 11.0. The summed E-state index contributed by atoms with van der Waals surface area (Å²) in [6.45, 7) is 0.187. The molecule has 14 heavy (non-hydrogen) atoms. The van der Waals surface area contributed by atoms with E-state index in [1.54, 1.807) is 6.26 Å². The molecule has 0 aliphatic rings. The SMILES string of the molecule is CSC(CN)n1cc(F)c(=O)[nH]c1=O. The van der Waals surface area contributed by atoms with Crippen molar-refractivity contribution in [1.82, 2.24) is 9.55 Å². The number of nitrogens with zero attached hydrogens (tertiary/aromatic N) is 1. The minimum absolute atomic E-state index is 0.187. The molecule has 1 aromatic heterocycles. The van der Waals surface area contributed by atoms with Crippen LogP contribution < -0.4 is 17.0 Å². The van der Waals surface area contributed by atoms with E-state index in [0.29, 0.717) is 0 Å². The van der Waals surface area contributed by atoms with Crippen molar-refractivity contribution in [2.75, 3.05) is 12.8 Å². The smallest absolute Gasteiger partial charge is 0.328 e. The topological polar surface area (TPSA) is 80.9 Å². The van der Waals surface area contributed by atoms with E-state index in [2.05, 4.69) is 0 Å². The van der Waals surface area contributed by atoms with Crippen molar-refractivity contribution in [3.63, 3.8) is 0 Å². The zero-order valence-electron chi connectivity index (χ0n) is 7.49. The fourth-order valence-electron chi connectivity index (χ4n) is 0.998. The molecule has 7 heteroatoms. The van der Waals surface area contributed by atoms with Crippen LogP contribution in [0.4, 0.5) is 4.39 Å². The van der Waals surface area contributed by atoms with E-state index in [9.17, 15) is 14.0 Å². The summed E-state index contributed by atoms with van der Waals surface area (Å²) in [7, 11) is 0. The Morgan fingerprint density at radius 3 is 2.86 bits per heavy atom. The zero-order valence-corrected chi connectivity index (χ0v) is 8.31. The van der Waals surface area contributed by atoms with Gasteiger partial charge in [-0.3, -0.25) is 14.3 Å². The molecular formula is C7H10FN3O2S. The molecule has 0 spiro atoms. The summed E-state index contributed by atoms with van der Waals surface area (Å²) < 4.78 is 13.9. The molecular weight excluding hydrogens is 209 g/mol. The Kier molecular flexibility index (Phi) is 3.48. The number of thioether (sulfide) groups is 1. The minimum Gasteiger partial charge on any atom is -0.328 e. The minimum atomic E-state index is -1.01. The third-order valence-corrected chi connectivity index (χ3v) is 2.67. The Hall–Kier alpha value is -1.08. The number of rotatable bonds is 3. The fourth-order valence-corrected chi connectivity index (χ4v) is 1.57. The molecule has 1 unspecified atom stereocenters. The first-order chi connectivity index (χ1) is 6.60. The Labute approximate surface area is 83.1 Å². The highest BCUT2D eigenvalue weighted by Crippen LogP contribution is 2.14. The fraction of sp³-hybridized carbons (Fsp3) is 0.429. The van der Waals surface area contributed by atoms with Gasteiger partial charge in [0.05, 0.1) is 11.6 Å². The van der Waals surface area contributed by atoms with Crippen molar-refractivity contribution in [1.29, 1.82) is 0 Å². The predicted octanol–water partition coefficient (Wildman–Crippen LogP) is -0.504. The van der Waals surface area contributed by atoms with E-state index in [-0.39, 0.29) is 11.9 Å². The summed E-state index contributed by atoms with van der Waals surface area (Å²) in [5.41, 5.74) is 3.71. The lowest BCUT2D eigenvalue weighted by molar-refractivity contribution is 0.548. The molecule has 0 saturated carbocycles. The second kappa shape index (κ2) is 4.43. The quantitative estimate of drug-likeness (QED) is 0.718. The van der Waals surface area contributed by atoms with Crippen molar-refractivity contribution in [3.8, 4) is 0 Å². The van der Waals surface area contributed by atoms with Gasteiger partial charge in [0, 0.05) is 6.54 Å². The number of halogens is 1. The summed E-state index contributed by atoms with van der Waals surface area (Å²) in [6, 6.07) is 0. The lowest BCUT2D eigenvalue weighted by Crippen LogP contribution is -2.35. The highest BCUT2D eigenvalue weighted by Gasteiger charge is 2.11. The molecule has 0 saturated heterocycles. The second-order valence-corrected chi connectivity index (χ2v) is 3.59. The van der Waals surface area contributed by atoms with Gasteiger partial charge in [-0.2, -0.15) is 4.39 Å². The Morgan fingerprint density at radius 1 is 1.71 bits per heavy atom. The average molecular weight is 219 g/mol. The molecule has 0 amide bonds. The molecule has 0 fully saturated rings. The van der Waals surface area contributed by atoms with Gasteiger partial charge in [-0.1, -0.05) is 0 Å². The van der Waals surface area contributed by atoms with Crippen LogP contribution in [0.15, 0.2) is 15.8 Å². The van der Waals surface area contributed by atoms with Crippen LogP contribution >= 0.6 is 11.8 Å². The standard InChI is InChI=1S/C7H10FN3O2S/c1-14-5(2-9)11-3-4(8)6(12)10-7(11)13/h3,5H,2,9H2,1H3,(H,10,12,13). The number of nitrogens with one attached hydrogen (secondary N) is 1. The van der Waals surface area contributed by atoms with Crippen molar-refractivity contribution < 1.29 is 4.39 Å². The normalized spacial score (nSPS) is 12.8. The maximum atomic E-state index is 12.8. The van der Waals surface area contributed by atoms with Gasteiger partial charge < -0.3 is 5.73 Å². The Bertz CT molecular complexity index is 424. The molecule has 1 rings (SSSR count). The van der Waals surface area contributed by atoms with Crippen LogP contribution in [0.2, 0.25) is 0 Å². The maximum Gasteiger partial charge on any atom is 0.329 e. The molecule has 1 aromatic rings. The van der Waals surface area contributed by atoms with E-state index < -0.39 is 17.1 Å². The van der Waals surface area contributed by atoms with Gasteiger partial charge in [-0.15, -0.1) is 11.8 Å². The first-order valence-corrected chi connectivity index (χ1v) is 5.12. The number of hydrogen-bond acceptors (Lipinski definition) is 4. The summed E-state index contributed by atoms with van der Waals surface area (Å²) in [6.07, 6.45) is 2.61. The predicted molar refractivity (Wildman–Crippen MR) is 52.9 cm³/mol. The van der Waals surface area contributed by atoms with Crippen LogP contribution in [0.1, 0.15) is 5.37 Å². The van der Waals surface area contributed by atoms with Gasteiger partial charge >= 0.3 is 5.69 Å². The molecule has 3 N–H and O–H groups in total. The van der Waals surface area contributed by atoms with Crippen molar-refractivity contribution in [2.45, 2.75) is 5.37 Å². The molecule has 5 nitrogen and oxygen atoms in total. The van der Waals surface area contributed by atoms with Crippen molar-refractivity contribution >= 4 is 11.8 Å². The van der Waals surface area contributed by atoms with Gasteiger partial charge in [0.25, 0.3) is 5.56 Å². The van der Waals surface area contributed by atoms with Crippen LogP contribution in [-0.2, 0) is 0 Å². The van der Waals surface area contributed by atoms with Crippen LogP contribution in [0.25, 0.3) is 0 Å².